The van der Waals surface area contributed by atoms with Crippen molar-refractivity contribution in [2.24, 2.45) is 0 Å². The summed E-state index contributed by atoms with van der Waals surface area (Å²) in [6.07, 6.45) is 3.60. The van der Waals surface area contributed by atoms with Crippen LogP contribution in [0.25, 0.3) is 27.5 Å². The van der Waals surface area contributed by atoms with Crippen LogP contribution in [0.3, 0.4) is 0 Å². The number of nitrogens with one attached hydrogen (secondary N) is 1. The molecule has 1 atom stereocenters. The normalized spacial score (nSPS) is 13.8. The van der Waals surface area contributed by atoms with Gasteiger partial charge in [-0.15, -0.1) is 0 Å². The second kappa shape index (κ2) is 6.04. The summed E-state index contributed by atoms with van der Waals surface area (Å²) in [7, 11) is 0. The van der Waals surface area contributed by atoms with Crippen LogP contribution in [0.4, 0.5) is 4.39 Å². The molecule has 0 aliphatic heterocycles. The lowest BCUT2D eigenvalue weighted by Crippen LogP contribution is -2.23. The minimum Gasteiger partial charge on any atom is -0.381 e. The Balaban J connectivity index is 1.63. The van der Waals surface area contributed by atoms with Crippen LogP contribution >= 0.6 is 0 Å². The first-order valence-corrected chi connectivity index (χ1v) is 9.07. The van der Waals surface area contributed by atoms with E-state index in [0.717, 1.165) is 32.9 Å². The standard InChI is InChI=1S/C23H18FN3O/c1-23(28,20-7-2-4-15-10-11-25-22(15)20)17-8-9-21-16(12-17)14-26-27(21)19-6-3-5-18(24)13-19/h2-14,25,28H,1H3. The summed E-state index contributed by atoms with van der Waals surface area (Å²) in [5, 5.41) is 17.7. The molecule has 0 radical (unpaired) electrons. The molecule has 5 rings (SSSR count). The molecular formula is C23H18FN3O. The average Bonchev–Trinajstić information content (AvgIpc) is 3.34. The molecule has 0 saturated heterocycles. The van der Waals surface area contributed by atoms with Gasteiger partial charge in [0.25, 0.3) is 0 Å². The van der Waals surface area contributed by atoms with Crippen molar-refractivity contribution in [3.8, 4) is 5.69 Å². The fourth-order valence-electron chi connectivity index (χ4n) is 3.80. The van der Waals surface area contributed by atoms with Crippen LogP contribution < -0.4 is 0 Å². The molecule has 2 N–H and O–H groups in total. The molecule has 0 aliphatic carbocycles. The van der Waals surface area contributed by atoms with Crippen molar-refractivity contribution in [1.82, 2.24) is 14.8 Å². The molecule has 5 heteroatoms. The van der Waals surface area contributed by atoms with Crippen molar-refractivity contribution in [3.05, 3.63) is 96.1 Å². The van der Waals surface area contributed by atoms with Gasteiger partial charge in [-0.3, -0.25) is 0 Å². The number of aromatic nitrogens is 3. The third kappa shape index (κ3) is 2.52. The van der Waals surface area contributed by atoms with Gasteiger partial charge in [0.15, 0.2) is 0 Å². The fraction of sp³-hybridized carbons (Fsp3) is 0.0870. The molecule has 2 aromatic heterocycles. The molecule has 3 aromatic carbocycles. The van der Waals surface area contributed by atoms with E-state index in [4.69, 9.17) is 0 Å². The largest absolute Gasteiger partial charge is 0.381 e. The van der Waals surface area contributed by atoms with Gasteiger partial charge < -0.3 is 10.1 Å². The summed E-state index contributed by atoms with van der Waals surface area (Å²) in [4.78, 5) is 3.22. The molecule has 0 spiro atoms. The van der Waals surface area contributed by atoms with Crippen molar-refractivity contribution in [2.75, 3.05) is 0 Å². The molecule has 0 aliphatic rings. The van der Waals surface area contributed by atoms with E-state index in [9.17, 15) is 9.50 Å². The quantitative estimate of drug-likeness (QED) is 0.474. The van der Waals surface area contributed by atoms with Crippen molar-refractivity contribution in [1.29, 1.82) is 0 Å². The lowest BCUT2D eigenvalue weighted by atomic mass is 9.86. The Morgan fingerprint density at radius 1 is 1.00 bits per heavy atom. The smallest absolute Gasteiger partial charge is 0.125 e. The van der Waals surface area contributed by atoms with E-state index in [1.54, 1.807) is 23.9 Å². The zero-order valence-electron chi connectivity index (χ0n) is 15.2. The highest BCUT2D eigenvalue weighted by Gasteiger charge is 2.28. The second-order valence-corrected chi connectivity index (χ2v) is 7.13. The predicted octanol–water partition coefficient (Wildman–Crippen LogP) is 4.90. The van der Waals surface area contributed by atoms with Gasteiger partial charge in [-0.05, 0) is 54.3 Å². The third-order valence-electron chi connectivity index (χ3n) is 5.29. The molecular weight excluding hydrogens is 353 g/mol. The predicted molar refractivity (Wildman–Crippen MR) is 108 cm³/mol. The van der Waals surface area contributed by atoms with E-state index in [0.29, 0.717) is 5.69 Å². The van der Waals surface area contributed by atoms with Crippen LogP contribution in [-0.2, 0) is 5.60 Å². The third-order valence-corrected chi connectivity index (χ3v) is 5.29. The number of hydrogen-bond donors (Lipinski definition) is 2. The highest BCUT2D eigenvalue weighted by molar-refractivity contribution is 5.85. The van der Waals surface area contributed by atoms with Gasteiger partial charge in [0.05, 0.1) is 22.9 Å². The van der Waals surface area contributed by atoms with Crippen molar-refractivity contribution in [2.45, 2.75) is 12.5 Å². The molecule has 1 unspecified atom stereocenters. The Kier molecular flexibility index (Phi) is 3.60. The van der Waals surface area contributed by atoms with Crippen LogP contribution in [0.2, 0.25) is 0 Å². The van der Waals surface area contributed by atoms with Gasteiger partial charge in [-0.25, -0.2) is 9.07 Å². The number of para-hydroxylation sites is 1. The summed E-state index contributed by atoms with van der Waals surface area (Å²) in [6.45, 7) is 1.79. The Morgan fingerprint density at radius 3 is 2.71 bits per heavy atom. The molecule has 0 amide bonds. The van der Waals surface area contributed by atoms with Crippen LogP contribution in [0.1, 0.15) is 18.1 Å². The van der Waals surface area contributed by atoms with E-state index in [-0.39, 0.29) is 5.82 Å². The maximum absolute atomic E-state index is 13.6. The van der Waals surface area contributed by atoms with E-state index < -0.39 is 5.60 Å². The molecule has 0 bridgehead atoms. The number of hydrogen-bond acceptors (Lipinski definition) is 2. The monoisotopic (exact) mass is 371 g/mol. The van der Waals surface area contributed by atoms with E-state index in [2.05, 4.69) is 10.1 Å². The summed E-state index contributed by atoms with van der Waals surface area (Å²) in [5.41, 5.74) is 2.82. The second-order valence-electron chi connectivity index (χ2n) is 7.13. The molecule has 28 heavy (non-hydrogen) atoms. The lowest BCUT2D eigenvalue weighted by molar-refractivity contribution is 0.104. The van der Waals surface area contributed by atoms with Crippen LogP contribution in [0.15, 0.2) is 79.1 Å². The minimum absolute atomic E-state index is 0.306. The van der Waals surface area contributed by atoms with E-state index >= 15 is 0 Å². The maximum atomic E-state index is 13.6. The highest BCUT2D eigenvalue weighted by atomic mass is 19.1. The number of benzene rings is 3. The first-order chi connectivity index (χ1) is 13.5. The van der Waals surface area contributed by atoms with Gasteiger partial charge in [-0.2, -0.15) is 5.10 Å². The fourth-order valence-corrected chi connectivity index (χ4v) is 3.80. The molecule has 0 saturated carbocycles. The van der Waals surface area contributed by atoms with Crippen LogP contribution in [-0.4, -0.2) is 19.9 Å². The Labute approximate surface area is 160 Å². The summed E-state index contributed by atoms with van der Waals surface area (Å²) >= 11 is 0. The number of rotatable bonds is 3. The number of aliphatic hydroxyl groups is 1. The van der Waals surface area contributed by atoms with Gasteiger partial charge in [0.2, 0.25) is 0 Å². The average molecular weight is 371 g/mol. The van der Waals surface area contributed by atoms with Crippen LogP contribution in [0.5, 0.6) is 0 Å². The molecule has 138 valence electrons. The number of nitrogens with zero attached hydrogens (tertiary/aromatic N) is 2. The SMILES string of the molecule is CC(O)(c1ccc2c(cnn2-c2cccc(F)c2)c1)c1cccc2cc[nH]c12. The zero-order chi connectivity index (χ0) is 19.3. The zero-order valence-corrected chi connectivity index (χ0v) is 15.2. The van der Waals surface area contributed by atoms with E-state index in [1.165, 1.54) is 12.1 Å². The lowest BCUT2D eigenvalue weighted by Gasteiger charge is -2.25. The number of halogens is 1. The van der Waals surface area contributed by atoms with Gasteiger partial charge in [-0.1, -0.05) is 30.3 Å². The van der Waals surface area contributed by atoms with Crippen molar-refractivity contribution >= 4 is 21.8 Å². The van der Waals surface area contributed by atoms with Crippen molar-refractivity contribution < 1.29 is 9.50 Å². The number of aromatic amines is 1. The van der Waals surface area contributed by atoms with Crippen molar-refractivity contribution in [3.63, 3.8) is 0 Å². The molecule has 5 aromatic rings. The first-order valence-electron chi connectivity index (χ1n) is 9.07. The number of H-pyrrole nitrogens is 1. The maximum Gasteiger partial charge on any atom is 0.125 e. The van der Waals surface area contributed by atoms with Gasteiger partial charge in [0.1, 0.15) is 11.4 Å². The minimum atomic E-state index is -1.18. The van der Waals surface area contributed by atoms with Gasteiger partial charge >= 0.3 is 0 Å². The highest BCUT2D eigenvalue weighted by Crippen LogP contribution is 2.35. The topological polar surface area (TPSA) is 53.8 Å². The first kappa shape index (κ1) is 16.7. The Morgan fingerprint density at radius 2 is 1.86 bits per heavy atom. The Bertz CT molecular complexity index is 1320. The molecule has 0 fully saturated rings. The summed E-state index contributed by atoms with van der Waals surface area (Å²) in [6, 6.07) is 19.9. The number of fused-ring (bicyclic) bond motifs is 2. The van der Waals surface area contributed by atoms with Crippen LogP contribution in [0, 0.1) is 5.82 Å². The summed E-state index contributed by atoms with van der Waals surface area (Å²) < 4.78 is 15.3. The van der Waals surface area contributed by atoms with E-state index in [1.807, 2.05) is 54.7 Å². The molecule has 2 heterocycles. The molecule has 4 nitrogen and oxygen atoms in total. The van der Waals surface area contributed by atoms with Gasteiger partial charge in [0, 0.05) is 17.1 Å². The summed E-state index contributed by atoms with van der Waals surface area (Å²) in [5.74, 6) is -0.306. The Hall–Kier alpha value is -3.44.